The van der Waals surface area contributed by atoms with Crippen LogP contribution in [0, 0.1) is 6.92 Å². The van der Waals surface area contributed by atoms with Crippen LogP contribution in [-0.4, -0.2) is 28.4 Å². The lowest BCUT2D eigenvalue weighted by Gasteiger charge is -2.09. The number of carbonyl (C=O) groups excluding carboxylic acids is 1. The largest absolute Gasteiger partial charge is 0.486 e. The minimum Gasteiger partial charge on any atom is -0.486 e. The van der Waals surface area contributed by atoms with Crippen LogP contribution in [0.2, 0.25) is 0 Å². The Labute approximate surface area is 236 Å². The Morgan fingerprint density at radius 1 is 0.800 bits per heavy atom. The third kappa shape index (κ3) is 6.27. The quantitative estimate of drug-likeness (QED) is 0.180. The van der Waals surface area contributed by atoms with Gasteiger partial charge in [0.2, 0.25) is 0 Å². The molecule has 40 heavy (non-hydrogen) atoms. The lowest BCUT2D eigenvalue weighted by Crippen LogP contribution is -2.10. The monoisotopic (exact) mass is 549 g/mol. The van der Waals surface area contributed by atoms with Gasteiger partial charge >= 0.3 is 5.97 Å². The van der Waals surface area contributed by atoms with E-state index in [0.717, 1.165) is 43.4 Å². The van der Waals surface area contributed by atoms with Crippen molar-refractivity contribution in [2.45, 2.75) is 20.5 Å². The highest BCUT2D eigenvalue weighted by Gasteiger charge is 2.17. The zero-order valence-electron chi connectivity index (χ0n) is 22.1. The van der Waals surface area contributed by atoms with Crippen LogP contribution in [0.15, 0.2) is 97.1 Å². The number of benzene rings is 4. The maximum absolute atomic E-state index is 12.1. The van der Waals surface area contributed by atoms with Crippen molar-refractivity contribution in [2.24, 2.45) is 0 Å². The van der Waals surface area contributed by atoms with Gasteiger partial charge in [-0.15, -0.1) is 11.3 Å². The molecule has 5 aromatic rings. The van der Waals surface area contributed by atoms with E-state index in [4.69, 9.17) is 19.6 Å². The number of Topliss-reactive ketones (excluding diaryl/α,β-unsaturated/α-hetero) is 1. The third-order valence-corrected chi connectivity index (χ3v) is 7.41. The predicted octanol–water partition coefficient (Wildman–Crippen LogP) is 7.70. The summed E-state index contributed by atoms with van der Waals surface area (Å²) in [5.74, 6) is 0.0985. The topological polar surface area (TPSA) is 85.7 Å². The van der Waals surface area contributed by atoms with Crippen molar-refractivity contribution in [3.63, 3.8) is 0 Å². The third-order valence-electron chi connectivity index (χ3n) is 6.33. The van der Waals surface area contributed by atoms with Crippen LogP contribution in [0.1, 0.15) is 27.9 Å². The zero-order valence-corrected chi connectivity index (χ0v) is 22.9. The summed E-state index contributed by atoms with van der Waals surface area (Å²) in [6.07, 6.45) is 0. The molecule has 0 saturated carbocycles. The zero-order chi connectivity index (χ0) is 28.1. The SMILES string of the molecule is CC(=O)c1cccc(-c2nc(COc3ccc(OCC(=O)O)c(C)c3)sc2-c2ccc(-c3ccccc3)cc2)c1. The number of aliphatic carboxylic acids is 1. The van der Waals surface area contributed by atoms with Gasteiger partial charge in [-0.1, -0.05) is 72.8 Å². The van der Waals surface area contributed by atoms with Gasteiger partial charge in [-0.25, -0.2) is 9.78 Å². The van der Waals surface area contributed by atoms with Gasteiger partial charge in [0.25, 0.3) is 0 Å². The number of nitrogens with zero attached hydrogens (tertiary/aromatic N) is 1. The average molecular weight is 550 g/mol. The number of thiazole rings is 1. The number of ketones is 1. The second kappa shape index (κ2) is 12.0. The number of hydrogen-bond acceptors (Lipinski definition) is 6. The fourth-order valence-electron chi connectivity index (χ4n) is 4.31. The molecule has 0 unspecified atom stereocenters. The van der Waals surface area contributed by atoms with Crippen molar-refractivity contribution >= 4 is 23.1 Å². The number of carboxylic acid groups (broad SMARTS) is 1. The molecule has 1 heterocycles. The van der Waals surface area contributed by atoms with Gasteiger partial charge in [0.1, 0.15) is 23.1 Å². The van der Waals surface area contributed by atoms with Crippen LogP contribution in [0.5, 0.6) is 11.5 Å². The highest BCUT2D eigenvalue weighted by Crippen LogP contribution is 2.38. The molecule has 0 spiro atoms. The summed E-state index contributed by atoms with van der Waals surface area (Å²) in [4.78, 5) is 28.8. The van der Waals surface area contributed by atoms with Crippen LogP contribution < -0.4 is 9.47 Å². The maximum atomic E-state index is 12.1. The van der Waals surface area contributed by atoms with Gasteiger partial charge < -0.3 is 14.6 Å². The lowest BCUT2D eigenvalue weighted by molar-refractivity contribution is -0.139. The van der Waals surface area contributed by atoms with E-state index in [1.165, 1.54) is 0 Å². The Morgan fingerprint density at radius 2 is 1.50 bits per heavy atom. The minimum atomic E-state index is -1.03. The molecule has 0 radical (unpaired) electrons. The summed E-state index contributed by atoms with van der Waals surface area (Å²) in [5.41, 5.74) is 6.39. The fraction of sp³-hybridized carbons (Fsp3) is 0.121. The van der Waals surface area contributed by atoms with E-state index in [1.54, 1.807) is 30.4 Å². The van der Waals surface area contributed by atoms with E-state index < -0.39 is 12.6 Å². The Kier molecular flexibility index (Phi) is 8.03. The van der Waals surface area contributed by atoms with Crippen LogP contribution >= 0.6 is 11.3 Å². The van der Waals surface area contributed by atoms with Crippen molar-refractivity contribution in [1.29, 1.82) is 0 Å². The number of hydrogen-bond donors (Lipinski definition) is 1. The van der Waals surface area contributed by atoms with Crippen molar-refractivity contribution in [3.8, 4) is 44.3 Å². The first-order valence-electron chi connectivity index (χ1n) is 12.7. The molecule has 1 aromatic heterocycles. The maximum Gasteiger partial charge on any atom is 0.341 e. The standard InChI is InChI=1S/C33H27NO5S/c1-21-17-28(15-16-29(21)39-20-31(36)37)38-19-30-34-32(27-10-6-9-26(18-27)22(2)35)33(40-30)25-13-11-24(12-14-25)23-7-4-3-5-8-23/h3-18H,19-20H2,1-2H3,(H,36,37). The van der Waals surface area contributed by atoms with Gasteiger partial charge in [-0.2, -0.15) is 0 Å². The molecule has 0 aliphatic heterocycles. The molecule has 0 aliphatic carbocycles. The summed E-state index contributed by atoms with van der Waals surface area (Å²) in [7, 11) is 0. The van der Waals surface area contributed by atoms with E-state index in [2.05, 4.69) is 36.4 Å². The van der Waals surface area contributed by atoms with Crippen LogP contribution in [0.3, 0.4) is 0 Å². The highest BCUT2D eigenvalue weighted by molar-refractivity contribution is 7.15. The van der Waals surface area contributed by atoms with Crippen LogP contribution in [0.25, 0.3) is 32.8 Å². The Hall–Kier alpha value is -4.75. The van der Waals surface area contributed by atoms with E-state index in [1.807, 2.05) is 55.5 Å². The first kappa shape index (κ1) is 26.8. The lowest BCUT2D eigenvalue weighted by atomic mass is 10.0. The molecular weight excluding hydrogens is 522 g/mol. The van der Waals surface area contributed by atoms with Crippen LogP contribution in [-0.2, 0) is 11.4 Å². The first-order chi connectivity index (χ1) is 19.4. The summed E-state index contributed by atoms with van der Waals surface area (Å²) >= 11 is 1.55. The molecule has 0 bridgehead atoms. The van der Waals surface area contributed by atoms with E-state index in [0.29, 0.717) is 17.1 Å². The Balaban J connectivity index is 1.44. The van der Waals surface area contributed by atoms with Gasteiger partial charge in [-0.3, -0.25) is 4.79 Å². The predicted molar refractivity (Wildman–Crippen MR) is 157 cm³/mol. The van der Waals surface area contributed by atoms with Gasteiger partial charge in [0, 0.05) is 11.1 Å². The molecule has 0 saturated heterocycles. The number of carbonyl (C=O) groups is 2. The fourth-order valence-corrected chi connectivity index (χ4v) is 5.31. The molecule has 0 fully saturated rings. The second-order valence-electron chi connectivity index (χ2n) is 9.26. The minimum absolute atomic E-state index is 0.000511. The van der Waals surface area contributed by atoms with Crippen LogP contribution in [0.4, 0.5) is 0 Å². The number of rotatable bonds is 10. The molecule has 200 valence electrons. The Morgan fingerprint density at radius 3 is 2.20 bits per heavy atom. The molecule has 0 atom stereocenters. The van der Waals surface area contributed by atoms with Gasteiger partial charge in [0.15, 0.2) is 12.4 Å². The summed E-state index contributed by atoms with van der Waals surface area (Å²) < 4.78 is 11.4. The molecule has 1 N–H and O–H groups in total. The van der Waals surface area contributed by atoms with E-state index in [-0.39, 0.29) is 12.4 Å². The highest BCUT2D eigenvalue weighted by atomic mass is 32.1. The summed E-state index contributed by atoms with van der Waals surface area (Å²) in [5, 5.41) is 9.64. The molecular formula is C33H27NO5S. The average Bonchev–Trinajstić information content (AvgIpc) is 3.40. The van der Waals surface area contributed by atoms with Gasteiger partial charge in [0.05, 0.1) is 10.6 Å². The number of aryl methyl sites for hydroxylation is 1. The number of carboxylic acids is 1. The second-order valence-corrected chi connectivity index (χ2v) is 10.3. The normalized spacial score (nSPS) is 10.8. The van der Waals surface area contributed by atoms with Gasteiger partial charge in [-0.05, 0) is 60.4 Å². The molecule has 0 aliphatic rings. The summed E-state index contributed by atoms with van der Waals surface area (Å²) in [6, 6.07) is 31.4. The molecule has 0 amide bonds. The van der Waals surface area contributed by atoms with E-state index >= 15 is 0 Å². The number of ether oxygens (including phenoxy) is 2. The molecule has 5 rings (SSSR count). The summed E-state index contributed by atoms with van der Waals surface area (Å²) in [6.45, 7) is 3.25. The van der Waals surface area contributed by atoms with Crippen molar-refractivity contribution in [2.75, 3.05) is 6.61 Å². The Bertz CT molecular complexity index is 1660. The molecule has 4 aromatic carbocycles. The molecule has 7 heteroatoms. The first-order valence-corrected chi connectivity index (χ1v) is 13.5. The van der Waals surface area contributed by atoms with Crippen molar-refractivity contribution in [3.05, 3.63) is 113 Å². The number of aromatic nitrogens is 1. The smallest absolute Gasteiger partial charge is 0.341 e. The van der Waals surface area contributed by atoms with Crippen molar-refractivity contribution in [1.82, 2.24) is 4.98 Å². The molecule has 6 nitrogen and oxygen atoms in total. The van der Waals surface area contributed by atoms with Crippen molar-refractivity contribution < 1.29 is 24.2 Å². The van der Waals surface area contributed by atoms with E-state index in [9.17, 15) is 9.59 Å².